The van der Waals surface area contributed by atoms with Crippen LogP contribution >= 0.6 is 0 Å². The van der Waals surface area contributed by atoms with Gasteiger partial charge in [-0.3, -0.25) is 4.99 Å². The molecule has 0 spiro atoms. The summed E-state index contributed by atoms with van der Waals surface area (Å²) < 4.78 is 67.0. The van der Waals surface area contributed by atoms with Crippen molar-refractivity contribution in [3.8, 4) is 0 Å². The summed E-state index contributed by atoms with van der Waals surface area (Å²) in [5, 5.41) is 6.45. The molecule has 0 aromatic heterocycles. The van der Waals surface area contributed by atoms with Crippen LogP contribution in [-0.2, 0) is 14.8 Å². The van der Waals surface area contributed by atoms with Crippen LogP contribution in [0.1, 0.15) is 46.0 Å². The molecule has 2 fully saturated rings. The molecule has 1 saturated heterocycles. The monoisotopic (exact) mass is 442 g/mol. The van der Waals surface area contributed by atoms with Crippen LogP contribution in [0.15, 0.2) is 4.99 Å². The molecular formula is C18H33F3N4O3S. The minimum Gasteiger partial charge on any atom is -0.382 e. The van der Waals surface area contributed by atoms with E-state index >= 15 is 0 Å². The van der Waals surface area contributed by atoms with E-state index < -0.39 is 15.5 Å². The molecule has 11 heteroatoms. The van der Waals surface area contributed by atoms with Crippen molar-refractivity contribution < 1.29 is 26.3 Å². The van der Waals surface area contributed by atoms with E-state index in [9.17, 15) is 21.6 Å². The van der Waals surface area contributed by atoms with E-state index in [1.165, 1.54) is 0 Å². The Hall–Kier alpha value is -1.07. The Kier molecular flexibility index (Phi) is 8.59. The normalized spacial score (nSPS) is 21.2. The minimum absolute atomic E-state index is 0.103. The van der Waals surface area contributed by atoms with Gasteiger partial charge < -0.3 is 15.4 Å². The predicted octanol–water partition coefficient (Wildman–Crippen LogP) is 2.31. The first-order valence-electron chi connectivity index (χ1n) is 10.3. The van der Waals surface area contributed by atoms with Gasteiger partial charge in [0.25, 0.3) is 0 Å². The molecule has 0 unspecified atom stereocenters. The van der Waals surface area contributed by atoms with Gasteiger partial charge in [-0.1, -0.05) is 0 Å². The number of rotatable bonds is 10. The molecule has 2 aliphatic rings. The van der Waals surface area contributed by atoms with E-state index in [2.05, 4.69) is 15.6 Å². The third-order valence-electron chi connectivity index (χ3n) is 5.62. The number of alkyl halides is 3. The quantitative estimate of drug-likeness (QED) is 0.308. The maximum Gasteiger partial charge on any atom is 0.511 e. The Bertz CT molecular complexity index is 643. The van der Waals surface area contributed by atoms with Crippen LogP contribution in [-0.4, -0.2) is 70.1 Å². The van der Waals surface area contributed by atoms with Crippen LogP contribution in [0.25, 0.3) is 0 Å². The van der Waals surface area contributed by atoms with Crippen LogP contribution in [0.5, 0.6) is 0 Å². The summed E-state index contributed by atoms with van der Waals surface area (Å²) in [5.41, 5.74) is -5.00. The molecule has 1 saturated carbocycles. The standard InChI is InChI=1S/C18H33F3N4O3S/c1-3-22-16(24-14-17(7-8-17)9-12-28-4-2)23-13-15-5-10-25(11-6-15)29(26,27)18(19,20)21/h15H,3-14H2,1-2H3,(H2,22,23,24). The highest BCUT2D eigenvalue weighted by molar-refractivity contribution is 7.90. The van der Waals surface area contributed by atoms with Crippen molar-refractivity contribution in [2.24, 2.45) is 16.3 Å². The Balaban J connectivity index is 1.80. The molecule has 2 rings (SSSR count). The zero-order valence-corrected chi connectivity index (χ0v) is 18.0. The topological polar surface area (TPSA) is 83.0 Å². The SMILES string of the molecule is CCNC(=NCC1(CCOCC)CC1)NCC1CCN(S(=O)(=O)C(F)(F)F)CC1. The molecular weight excluding hydrogens is 409 g/mol. The number of piperidine rings is 1. The molecule has 1 aliphatic heterocycles. The van der Waals surface area contributed by atoms with E-state index in [4.69, 9.17) is 4.74 Å². The van der Waals surface area contributed by atoms with E-state index in [0.29, 0.717) is 42.8 Å². The first kappa shape index (κ1) is 24.2. The Morgan fingerprint density at radius 1 is 1.21 bits per heavy atom. The molecule has 7 nitrogen and oxygen atoms in total. The fourth-order valence-corrected chi connectivity index (χ4v) is 4.41. The number of hydrogen-bond acceptors (Lipinski definition) is 4. The van der Waals surface area contributed by atoms with E-state index in [1.54, 1.807) is 0 Å². The molecule has 1 aliphatic carbocycles. The molecule has 2 N–H and O–H groups in total. The van der Waals surface area contributed by atoms with Gasteiger partial charge in [0.05, 0.1) is 0 Å². The minimum atomic E-state index is -5.23. The van der Waals surface area contributed by atoms with Gasteiger partial charge in [-0.05, 0) is 57.3 Å². The number of sulfonamides is 1. The highest BCUT2D eigenvalue weighted by Gasteiger charge is 2.50. The van der Waals surface area contributed by atoms with Crippen molar-refractivity contribution in [3.63, 3.8) is 0 Å². The van der Waals surface area contributed by atoms with Crippen molar-refractivity contribution in [2.75, 3.05) is 45.9 Å². The Morgan fingerprint density at radius 2 is 1.86 bits per heavy atom. The maximum atomic E-state index is 12.7. The molecule has 0 amide bonds. The highest BCUT2D eigenvalue weighted by Crippen LogP contribution is 2.49. The fourth-order valence-electron chi connectivity index (χ4n) is 3.43. The number of hydrogen-bond donors (Lipinski definition) is 2. The van der Waals surface area contributed by atoms with Crippen molar-refractivity contribution in [3.05, 3.63) is 0 Å². The number of aliphatic imine (C=N–C) groups is 1. The lowest BCUT2D eigenvalue weighted by molar-refractivity contribution is -0.0496. The third-order valence-corrected chi connectivity index (χ3v) is 7.25. The number of halogens is 3. The van der Waals surface area contributed by atoms with Crippen molar-refractivity contribution in [2.45, 2.75) is 51.5 Å². The Labute approximate surface area is 171 Å². The summed E-state index contributed by atoms with van der Waals surface area (Å²) in [5.74, 6) is 0.798. The zero-order chi connectivity index (χ0) is 21.5. The molecule has 0 radical (unpaired) electrons. The second-order valence-corrected chi connectivity index (χ2v) is 9.75. The summed E-state index contributed by atoms with van der Waals surface area (Å²) in [6, 6.07) is 0. The maximum absolute atomic E-state index is 12.7. The number of nitrogens with one attached hydrogen (secondary N) is 2. The number of nitrogens with zero attached hydrogens (tertiary/aromatic N) is 2. The predicted molar refractivity (Wildman–Crippen MR) is 106 cm³/mol. The van der Waals surface area contributed by atoms with E-state index in [1.807, 2.05) is 13.8 Å². The molecule has 1 heterocycles. The van der Waals surface area contributed by atoms with Crippen molar-refractivity contribution in [1.82, 2.24) is 14.9 Å². The largest absolute Gasteiger partial charge is 0.511 e. The summed E-state index contributed by atoms with van der Waals surface area (Å²) in [7, 11) is -5.22. The van der Waals surface area contributed by atoms with Crippen LogP contribution < -0.4 is 10.6 Å². The van der Waals surface area contributed by atoms with Gasteiger partial charge in [0.2, 0.25) is 0 Å². The summed E-state index contributed by atoms with van der Waals surface area (Å²) >= 11 is 0. The van der Waals surface area contributed by atoms with Gasteiger partial charge >= 0.3 is 15.5 Å². The summed E-state index contributed by atoms with van der Waals surface area (Å²) in [6.07, 6.45) is 4.07. The highest BCUT2D eigenvalue weighted by atomic mass is 32.2. The van der Waals surface area contributed by atoms with Gasteiger partial charge in [-0.15, -0.1) is 0 Å². The van der Waals surface area contributed by atoms with Crippen LogP contribution in [0.2, 0.25) is 0 Å². The first-order chi connectivity index (χ1) is 13.6. The fraction of sp³-hybridized carbons (Fsp3) is 0.944. The molecule has 0 aromatic carbocycles. The lowest BCUT2D eigenvalue weighted by atomic mass is 9.98. The van der Waals surface area contributed by atoms with Gasteiger partial charge in [0.1, 0.15) is 0 Å². The van der Waals surface area contributed by atoms with Crippen molar-refractivity contribution >= 4 is 16.0 Å². The van der Waals surface area contributed by atoms with Gasteiger partial charge in [0.15, 0.2) is 5.96 Å². The average molecular weight is 443 g/mol. The second kappa shape index (κ2) is 10.3. The second-order valence-electron chi connectivity index (χ2n) is 7.82. The molecule has 170 valence electrons. The molecule has 0 bridgehead atoms. The average Bonchev–Trinajstić information content (AvgIpc) is 3.44. The zero-order valence-electron chi connectivity index (χ0n) is 17.2. The molecule has 29 heavy (non-hydrogen) atoms. The first-order valence-corrected chi connectivity index (χ1v) is 11.7. The van der Waals surface area contributed by atoms with Crippen LogP contribution in [0.4, 0.5) is 13.2 Å². The number of guanidine groups is 1. The lowest BCUT2D eigenvalue weighted by Gasteiger charge is -2.31. The third kappa shape index (κ3) is 6.99. The van der Waals surface area contributed by atoms with E-state index in [0.717, 1.165) is 32.4 Å². The summed E-state index contributed by atoms with van der Waals surface area (Å²) in [6.45, 7) is 7.18. The van der Waals surface area contributed by atoms with Crippen LogP contribution in [0.3, 0.4) is 0 Å². The smallest absolute Gasteiger partial charge is 0.382 e. The van der Waals surface area contributed by atoms with E-state index in [-0.39, 0.29) is 24.4 Å². The van der Waals surface area contributed by atoms with Gasteiger partial charge in [0, 0.05) is 45.9 Å². The Morgan fingerprint density at radius 3 is 2.38 bits per heavy atom. The molecule has 0 atom stereocenters. The van der Waals surface area contributed by atoms with Crippen LogP contribution in [0, 0.1) is 11.3 Å². The molecule has 0 aromatic rings. The van der Waals surface area contributed by atoms with Gasteiger partial charge in [-0.25, -0.2) is 8.42 Å². The lowest BCUT2D eigenvalue weighted by Crippen LogP contribution is -2.47. The van der Waals surface area contributed by atoms with Gasteiger partial charge in [-0.2, -0.15) is 17.5 Å². The number of ether oxygens (including phenoxy) is 1. The van der Waals surface area contributed by atoms with Crippen molar-refractivity contribution in [1.29, 1.82) is 0 Å². The summed E-state index contributed by atoms with van der Waals surface area (Å²) in [4.78, 5) is 4.68.